The van der Waals surface area contributed by atoms with Crippen molar-refractivity contribution in [1.82, 2.24) is 0 Å². The van der Waals surface area contributed by atoms with Gasteiger partial charge < -0.3 is 15.6 Å². The summed E-state index contributed by atoms with van der Waals surface area (Å²) in [7, 11) is 0. The third kappa shape index (κ3) is 6.62. The minimum absolute atomic E-state index is 0.0342. The van der Waals surface area contributed by atoms with Gasteiger partial charge in [0.25, 0.3) is 0 Å². The van der Waals surface area contributed by atoms with E-state index in [1.165, 1.54) is 0 Å². The van der Waals surface area contributed by atoms with E-state index in [-0.39, 0.29) is 19.3 Å². The molecule has 6 nitrogen and oxygen atoms in total. The van der Waals surface area contributed by atoms with E-state index in [9.17, 15) is 14.4 Å². The van der Waals surface area contributed by atoms with Crippen molar-refractivity contribution in [1.29, 1.82) is 0 Å². The predicted molar refractivity (Wildman–Crippen MR) is 50.9 cm³/mol. The molecule has 0 unspecified atom stereocenters. The molecule has 0 aliphatic carbocycles. The molecule has 6 heteroatoms. The van der Waals surface area contributed by atoms with Crippen molar-refractivity contribution in [2.75, 3.05) is 0 Å². The first-order valence-corrected chi connectivity index (χ1v) is 4.69. The van der Waals surface area contributed by atoms with Crippen LogP contribution in [0.4, 0.5) is 0 Å². The number of hydrogen-bond acceptors (Lipinski definition) is 5. The van der Waals surface area contributed by atoms with Crippen LogP contribution in [0.25, 0.3) is 0 Å². The van der Waals surface area contributed by atoms with Crippen LogP contribution in [0.2, 0.25) is 0 Å². The van der Waals surface area contributed by atoms with Crippen LogP contribution >= 0.6 is 0 Å². The van der Waals surface area contributed by atoms with E-state index in [1.807, 2.05) is 0 Å². The number of nitrogens with two attached hydrogens (primary N) is 1. The lowest BCUT2D eigenvalue weighted by molar-refractivity contribution is -0.160. The molecule has 0 saturated heterocycles. The van der Waals surface area contributed by atoms with Gasteiger partial charge in [-0.1, -0.05) is 6.92 Å². The van der Waals surface area contributed by atoms with Gasteiger partial charge in [0.1, 0.15) is 6.04 Å². The molecule has 0 aromatic carbocycles. The van der Waals surface area contributed by atoms with Crippen LogP contribution < -0.4 is 5.73 Å². The second-order valence-corrected chi connectivity index (χ2v) is 3.08. The SMILES string of the molecule is CCCC(=O)OC(=O)[C@@H](N)CCC(=O)O. The Morgan fingerprint density at radius 2 is 1.93 bits per heavy atom. The minimum atomic E-state index is -1.05. The van der Waals surface area contributed by atoms with Crippen molar-refractivity contribution < 1.29 is 24.2 Å². The Hall–Kier alpha value is -1.43. The lowest BCUT2D eigenvalue weighted by atomic mass is 10.2. The lowest BCUT2D eigenvalue weighted by Gasteiger charge is -2.08. The van der Waals surface area contributed by atoms with Crippen LogP contribution in [0.5, 0.6) is 0 Å². The first kappa shape index (κ1) is 13.6. The zero-order chi connectivity index (χ0) is 11.8. The van der Waals surface area contributed by atoms with Crippen LogP contribution in [0, 0.1) is 0 Å². The summed E-state index contributed by atoms with van der Waals surface area (Å²) >= 11 is 0. The monoisotopic (exact) mass is 217 g/mol. The number of carboxylic acids is 1. The molecule has 0 rings (SSSR count). The second kappa shape index (κ2) is 6.94. The van der Waals surface area contributed by atoms with E-state index in [1.54, 1.807) is 6.92 Å². The molecule has 1 atom stereocenters. The number of rotatable bonds is 6. The molecule has 0 heterocycles. The third-order valence-electron chi connectivity index (χ3n) is 1.64. The van der Waals surface area contributed by atoms with Crippen molar-refractivity contribution in [3.63, 3.8) is 0 Å². The van der Waals surface area contributed by atoms with Gasteiger partial charge in [0, 0.05) is 12.8 Å². The molecule has 0 aromatic heterocycles. The van der Waals surface area contributed by atoms with E-state index in [0.29, 0.717) is 6.42 Å². The number of aliphatic carboxylic acids is 1. The number of hydrogen-bond donors (Lipinski definition) is 2. The topological polar surface area (TPSA) is 107 Å². The smallest absolute Gasteiger partial charge is 0.330 e. The number of carbonyl (C=O) groups is 3. The molecule has 0 fully saturated rings. The van der Waals surface area contributed by atoms with Gasteiger partial charge in [-0.25, -0.2) is 4.79 Å². The van der Waals surface area contributed by atoms with E-state index >= 15 is 0 Å². The minimum Gasteiger partial charge on any atom is -0.481 e. The summed E-state index contributed by atoms with van der Waals surface area (Å²) in [6, 6.07) is -1.05. The van der Waals surface area contributed by atoms with Gasteiger partial charge in [0.05, 0.1) is 0 Å². The molecule has 0 radical (unpaired) electrons. The highest BCUT2D eigenvalue weighted by molar-refractivity contribution is 5.88. The Balaban J connectivity index is 3.88. The standard InChI is InChI=1S/C9H15NO5/c1-2-3-8(13)15-9(14)6(10)4-5-7(11)12/h6H,2-5,10H2,1H3,(H,11,12)/t6-/m0/s1. The van der Waals surface area contributed by atoms with Gasteiger partial charge in [-0.3, -0.25) is 9.59 Å². The zero-order valence-electron chi connectivity index (χ0n) is 8.56. The van der Waals surface area contributed by atoms with E-state index in [2.05, 4.69) is 4.74 Å². The quantitative estimate of drug-likeness (QED) is 0.481. The summed E-state index contributed by atoms with van der Waals surface area (Å²) in [5.74, 6) is -2.54. The maximum atomic E-state index is 11.1. The summed E-state index contributed by atoms with van der Waals surface area (Å²) < 4.78 is 4.39. The highest BCUT2D eigenvalue weighted by Crippen LogP contribution is 1.99. The average molecular weight is 217 g/mol. The predicted octanol–water partition coefficient (Wildman–Crippen LogP) is 0.0484. The molecule has 0 aliphatic heterocycles. The number of carboxylic acid groups (broad SMARTS) is 1. The molecule has 86 valence electrons. The number of esters is 2. The zero-order valence-corrected chi connectivity index (χ0v) is 8.56. The van der Waals surface area contributed by atoms with Gasteiger partial charge in [0.2, 0.25) is 0 Å². The Morgan fingerprint density at radius 1 is 1.33 bits per heavy atom. The first-order valence-electron chi connectivity index (χ1n) is 4.69. The fourth-order valence-corrected chi connectivity index (χ4v) is 0.840. The Morgan fingerprint density at radius 3 is 2.40 bits per heavy atom. The van der Waals surface area contributed by atoms with E-state index in [0.717, 1.165) is 0 Å². The molecule has 0 bridgehead atoms. The highest BCUT2D eigenvalue weighted by Gasteiger charge is 2.19. The van der Waals surface area contributed by atoms with Crippen LogP contribution in [0.3, 0.4) is 0 Å². The van der Waals surface area contributed by atoms with Gasteiger partial charge in [-0.05, 0) is 12.8 Å². The molecule has 0 saturated carbocycles. The van der Waals surface area contributed by atoms with E-state index < -0.39 is 23.9 Å². The Bertz CT molecular complexity index is 251. The molecule has 0 aliphatic rings. The lowest BCUT2D eigenvalue weighted by Crippen LogP contribution is -2.34. The van der Waals surface area contributed by atoms with Crippen molar-refractivity contribution in [2.45, 2.75) is 38.6 Å². The average Bonchev–Trinajstić information content (AvgIpc) is 2.14. The summed E-state index contributed by atoms with van der Waals surface area (Å²) in [5.41, 5.74) is 5.32. The van der Waals surface area contributed by atoms with Gasteiger partial charge in [-0.15, -0.1) is 0 Å². The Labute approximate surface area is 87.4 Å². The van der Waals surface area contributed by atoms with Crippen LogP contribution in [-0.2, 0) is 19.1 Å². The fraction of sp³-hybridized carbons (Fsp3) is 0.667. The van der Waals surface area contributed by atoms with Crippen LogP contribution in [0.1, 0.15) is 32.6 Å². The molecule has 0 aromatic rings. The fourth-order valence-electron chi connectivity index (χ4n) is 0.840. The van der Waals surface area contributed by atoms with Crippen molar-refractivity contribution in [3.8, 4) is 0 Å². The maximum absolute atomic E-state index is 11.1. The Kier molecular flexibility index (Phi) is 6.28. The maximum Gasteiger partial charge on any atom is 0.330 e. The summed E-state index contributed by atoms with van der Waals surface area (Å²) in [6.07, 6.45) is 0.472. The third-order valence-corrected chi connectivity index (χ3v) is 1.64. The van der Waals surface area contributed by atoms with Crippen LogP contribution in [-0.4, -0.2) is 29.1 Å². The summed E-state index contributed by atoms with van der Waals surface area (Å²) in [5, 5.41) is 8.34. The summed E-state index contributed by atoms with van der Waals surface area (Å²) in [6.45, 7) is 1.77. The molecule has 15 heavy (non-hydrogen) atoms. The molecular weight excluding hydrogens is 202 g/mol. The molecular formula is C9H15NO5. The van der Waals surface area contributed by atoms with Gasteiger partial charge in [0.15, 0.2) is 0 Å². The van der Waals surface area contributed by atoms with Crippen molar-refractivity contribution >= 4 is 17.9 Å². The largest absolute Gasteiger partial charge is 0.481 e. The molecule has 3 N–H and O–H groups in total. The van der Waals surface area contributed by atoms with Crippen molar-refractivity contribution in [2.24, 2.45) is 5.73 Å². The van der Waals surface area contributed by atoms with Crippen LogP contribution in [0.15, 0.2) is 0 Å². The van der Waals surface area contributed by atoms with Gasteiger partial charge >= 0.3 is 17.9 Å². The molecule has 0 amide bonds. The molecule has 0 spiro atoms. The highest BCUT2D eigenvalue weighted by atomic mass is 16.6. The summed E-state index contributed by atoms with van der Waals surface area (Å²) in [4.78, 5) is 32.1. The van der Waals surface area contributed by atoms with Crippen molar-refractivity contribution in [3.05, 3.63) is 0 Å². The van der Waals surface area contributed by atoms with E-state index in [4.69, 9.17) is 10.8 Å². The van der Waals surface area contributed by atoms with Gasteiger partial charge in [-0.2, -0.15) is 0 Å². The number of carbonyl (C=O) groups excluding carboxylic acids is 2. The first-order chi connectivity index (χ1) is 6.97. The normalized spacial score (nSPS) is 11.9. The number of ether oxygens (including phenoxy) is 1. The second-order valence-electron chi connectivity index (χ2n) is 3.08.